The highest BCUT2D eigenvalue weighted by Gasteiger charge is 2.19. The van der Waals surface area contributed by atoms with Crippen LogP contribution in [0.25, 0.3) is 11.2 Å². The Kier molecular flexibility index (Phi) is 12.5. The lowest BCUT2D eigenvalue weighted by Gasteiger charge is -2.20. The van der Waals surface area contributed by atoms with Crippen LogP contribution in [0.4, 0.5) is 5.82 Å². The third kappa shape index (κ3) is 7.95. The lowest BCUT2D eigenvalue weighted by Crippen LogP contribution is -2.28. The number of likely N-dealkylation sites (tertiary alicyclic amines) is 1. The number of nitrogen functional groups attached to an aromatic ring is 1. The molecule has 10 heteroatoms. The maximum Gasteiger partial charge on any atom is 0.327 e. The summed E-state index contributed by atoms with van der Waals surface area (Å²) in [6, 6.07) is 0.920. The normalized spacial score (nSPS) is 15.8. The number of aromatic nitrogens is 4. The molecule has 0 amide bonds. The molecule has 1 fully saturated rings. The predicted octanol–water partition coefficient (Wildman–Crippen LogP) is 2.22. The van der Waals surface area contributed by atoms with Crippen molar-refractivity contribution in [2.75, 3.05) is 39.6 Å². The number of rotatable bonds is 9. The van der Waals surface area contributed by atoms with Gasteiger partial charge in [0, 0.05) is 26.8 Å². The van der Waals surface area contributed by atoms with Crippen LogP contribution in [0.2, 0.25) is 0 Å². The Morgan fingerprint density at radius 1 is 1.19 bits per heavy atom. The van der Waals surface area contributed by atoms with Gasteiger partial charge in [-0.3, -0.25) is 4.57 Å². The van der Waals surface area contributed by atoms with Gasteiger partial charge in [-0.1, -0.05) is 13.3 Å². The number of unbranched alkanes of at least 4 members (excludes halogenated alkanes) is 2. The van der Waals surface area contributed by atoms with Crippen molar-refractivity contribution in [2.24, 2.45) is 0 Å². The van der Waals surface area contributed by atoms with Gasteiger partial charge >= 0.3 is 11.7 Å². The first-order valence-electron chi connectivity index (χ1n) is 10.8. The standard InChI is InChI=1S/C18H30N6O2.C2H6O.CH2O/c1-3-4-12-26-17-21-15(19)14-16(22-17)24(18(25)20-14)11-6-5-9-23-10-7-8-13(23)2;1-3-2;1-2/h13H,3-12H2,1-2H3,(H,20,25)(H2,19,21,22);1-2H3;1H2/t13-;;/m1../s1. The number of anilines is 1. The number of hydrogen-bond donors (Lipinski definition) is 2. The van der Waals surface area contributed by atoms with Gasteiger partial charge in [0.05, 0.1) is 6.61 Å². The zero-order valence-electron chi connectivity index (χ0n) is 19.4. The van der Waals surface area contributed by atoms with Crippen LogP contribution in [0.15, 0.2) is 4.79 Å². The number of fused-ring (bicyclic) bond motifs is 1. The third-order valence-electron chi connectivity index (χ3n) is 5.13. The number of nitrogens with one attached hydrogen (secondary N) is 1. The molecule has 1 aliphatic rings. The summed E-state index contributed by atoms with van der Waals surface area (Å²) in [5, 5.41) is 0. The minimum Gasteiger partial charge on any atom is -0.463 e. The number of methoxy groups -OCH3 is 1. The molecule has 0 saturated carbocycles. The minimum absolute atomic E-state index is 0.193. The number of aromatic amines is 1. The van der Waals surface area contributed by atoms with Crippen LogP contribution >= 0.6 is 0 Å². The Morgan fingerprint density at radius 2 is 1.87 bits per heavy atom. The van der Waals surface area contributed by atoms with E-state index < -0.39 is 0 Å². The highest BCUT2D eigenvalue weighted by atomic mass is 16.5. The largest absolute Gasteiger partial charge is 0.463 e. The van der Waals surface area contributed by atoms with Crippen LogP contribution in [0.5, 0.6) is 6.01 Å². The first-order valence-corrected chi connectivity index (χ1v) is 10.8. The SMILES string of the molecule is C=O.CCCCOc1nc(N)c2[nH]c(=O)n(CCCCN3CCC[C@H]3C)c2n1.COC. The summed E-state index contributed by atoms with van der Waals surface area (Å²) in [4.78, 5) is 34.1. The number of H-pyrrole nitrogens is 1. The molecule has 10 nitrogen and oxygen atoms in total. The zero-order chi connectivity index (χ0) is 23.2. The minimum atomic E-state index is -0.193. The van der Waals surface area contributed by atoms with Crippen LogP contribution in [0.3, 0.4) is 0 Å². The van der Waals surface area contributed by atoms with Crippen LogP contribution in [0.1, 0.15) is 52.4 Å². The summed E-state index contributed by atoms with van der Waals surface area (Å²) in [6.45, 7) is 9.82. The fourth-order valence-corrected chi connectivity index (χ4v) is 3.52. The molecule has 3 N–H and O–H groups in total. The topological polar surface area (TPSA) is 128 Å². The lowest BCUT2D eigenvalue weighted by molar-refractivity contribution is -0.0979. The van der Waals surface area contributed by atoms with Crippen LogP contribution in [-0.2, 0) is 16.1 Å². The molecule has 2 aromatic rings. The number of nitrogens with two attached hydrogens (primary N) is 1. The van der Waals surface area contributed by atoms with Gasteiger partial charge in [0.1, 0.15) is 12.3 Å². The average molecular weight is 439 g/mol. The van der Waals surface area contributed by atoms with Crippen molar-refractivity contribution in [1.29, 1.82) is 0 Å². The summed E-state index contributed by atoms with van der Waals surface area (Å²) >= 11 is 0. The summed E-state index contributed by atoms with van der Waals surface area (Å²) in [6.07, 6.45) is 6.52. The molecule has 3 rings (SSSR count). The number of hydrogen-bond acceptors (Lipinski definition) is 8. The summed E-state index contributed by atoms with van der Waals surface area (Å²) in [5.74, 6) is 0.253. The first kappa shape index (κ1) is 26.6. The molecule has 0 radical (unpaired) electrons. The van der Waals surface area contributed by atoms with Crippen molar-refractivity contribution < 1.29 is 14.3 Å². The summed E-state index contributed by atoms with van der Waals surface area (Å²) in [5.41, 5.74) is 6.80. The molecule has 1 aliphatic heterocycles. The van der Waals surface area contributed by atoms with Crippen molar-refractivity contribution in [3.05, 3.63) is 10.5 Å². The summed E-state index contributed by atoms with van der Waals surface area (Å²) in [7, 11) is 3.25. The van der Waals surface area contributed by atoms with Gasteiger partial charge < -0.3 is 29.9 Å². The average Bonchev–Trinajstić information content (AvgIpc) is 3.31. The maximum atomic E-state index is 12.3. The number of imidazole rings is 1. The highest BCUT2D eigenvalue weighted by Crippen LogP contribution is 2.19. The van der Waals surface area contributed by atoms with E-state index in [-0.39, 0.29) is 17.5 Å². The Morgan fingerprint density at radius 3 is 2.48 bits per heavy atom. The van der Waals surface area contributed by atoms with Gasteiger partial charge in [0.2, 0.25) is 0 Å². The highest BCUT2D eigenvalue weighted by molar-refractivity contribution is 5.81. The molecule has 1 saturated heterocycles. The van der Waals surface area contributed by atoms with E-state index in [1.54, 1.807) is 18.8 Å². The van der Waals surface area contributed by atoms with Crippen molar-refractivity contribution in [2.45, 2.75) is 65.0 Å². The Hall–Kier alpha value is -2.46. The van der Waals surface area contributed by atoms with E-state index >= 15 is 0 Å². The number of nitrogens with zero attached hydrogens (tertiary/aromatic N) is 4. The quantitative estimate of drug-likeness (QED) is 0.570. The molecule has 1 atom stereocenters. The van der Waals surface area contributed by atoms with E-state index in [0.29, 0.717) is 30.4 Å². The second-order valence-corrected chi connectivity index (χ2v) is 7.52. The maximum absolute atomic E-state index is 12.3. The molecule has 176 valence electrons. The van der Waals surface area contributed by atoms with Gasteiger partial charge in [-0.15, -0.1) is 0 Å². The van der Waals surface area contributed by atoms with Gasteiger partial charge in [0.25, 0.3) is 0 Å². The Labute approximate surface area is 184 Å². The fraction of sp³-hybridized carbons (Fsp3) is 0.714. The van der Waals surface area contributed by atoms with E-state index in [1.165, 1.54) is 19.4 Å². The predicted molar refractivity (Wildman–Crippen MR) is 123 cm³/mol. The van der Waals surface area contributed by atoms with E-state index in [0.717, 1.165) is 32.2 Å². The molecule has 2 aromatic heterocycles. The van der Waals surface area contributed by atoms with Crippen molar-refractivity contribution in [3.63, 3.8) is 0 Å². The van der Waals surface area contributed by atoms with Crippen molar-refractivity contribution in [3.8, 4) is 6.01 Å². The number of carbonyl (C=O) groups excluding carboxylic acids is 1. The molecule has 0 bridgehead atoms. The molecule has 0 spiro atoms. The van der Waals surface area contributed by atoms with Gasteiger partial charge in [-0.25, -0.2) is 4.79 Å². The molecule has 0 unspecified atom stereocenters. The van der Waals surface area contributed by atoms with Crippen molar-refractivity contribution in [1.82, 2.24) is 24.4 Å². The van der Waals surface area contributed by atoms with Gasteiger partial charge in [0.15, 0.2) is 11.5 Å². The molecule has 3 heterocycles. The van der Waals surface area contributed by atoms with Crippen LogP contribution in [0, 0.1) is 0 Å². The lowest BCUT2D eigenvalue weighted by atomic mass is 10.2. The van der Waals surface area contributed by atoms with Gasteiger partial charge in [-0.2, -0.15) is 9.97 Å². The third-order valence-corrected chi connectivity index (χ3v) is 5.13. The smallest absolute Gasteiger partial charge is 0.327 e. The van der Waals surface area contributed by atoms with Crippen LogP contribution < -0.4 is 16.2 Å². The Bertz CT molecular complexity index is 822. The second-order valence-electron chi connectivity index (χ2n) is 7.52. The first-order chi connectivity index (χ1) is 15.0. The fourth-order valence-electron chi connectivity index (χ4n) is 3.52. The number of ether oxygens (including phenoxy) is 2. The van der Waals surface area contributed by atoms with Gasteiger partial charge in [-0.05, 0) is 52.1 Å². The Balaban J connectivity index is 0.000000884. The molecule has 0 aliphatic carbocycles. The van der Waals surface area contributed by atoms with E-state index in [9.17, 15) is 4.79 Å². The number of carbonyl (C=O) groups is 1. The monoisotopic (exact) mass is 438 g/mol. The number of aryl methyl sites for hydroxylation is 1. The van der Waals surface area contributed by atoms with E-state index in [2.05, 4.69) is 38.4 Å². The zero-order valence-corrected chi connectivity index (χ0v) is 19.4. The van der Waals surface area contributed by atoms with E-state index in [1.807, 2.05) is 6.79 Å². The summed E-state index contributed by atoms with van der Waals surface area (Å²) < 4.78 is 11.5. The van der Waals surface area contributed by atoms with E-state index in [4.69, 9.17) is 15.3 Å². The molecule has 31 heavy (non-hydrogen) atoms. The second kappa shape index (κ2) is 14.5. The van der Waals surface area contributed by atoms with Crippen molar-refractivity contribution >= 4 is 23.8 Å². The molecular formula is C21H38N6O4. The molecular weight excluding hydrogens is 400 g/mol. The van der Waals surface area contributed by atoms with Crippen LogP contribution in [-0.4, -0.2) is 71.2 Å². The molecule has 0 aromatic carbocycles.